The van der Waals surface area contributed by atoms with E-state index in [4.69, 9.17) is 5.11 Å². The Morgan fingerprint density at radius 2 is 1.85 bits per heavy atom. The molecule has 0 saturated carbocycles. The van der Waals surface area contributed by atoms with E-state index in [2.05, 4.69) is 10.2 Å². The maximum atomic E-state index is 12.5. The Kier molecular flexibility index (Phi) is 3.82. The highest BCUT2D eigenvalue weighted by Gasteiger charge is 2.26. The lowest BCUT2D eigenvalue weighted by atomic mass is 10.1. The topological polar surface area (TPSA) is 86.3 Å². The van der Waals surface area contributed by atoms with Gasteiger partial charge in [0.15, 0.2) is 5.03 Å². The third-order valence-electron chi connectivity index (χ3n) is 3.04. The quantitative estimate of drug-likeness (QED) is 0.891. The van der Waals surface area contributed by atoms with Crippen molar-refractivity contribution in [2.24, 2.45) is 0 Å². The van der Waals surface area contributed by atoms with Crippen molar-refractivity contribution >= 4 is 15.7 Å². The number of hydrogen-bond acceptors (Lipinski definition) is 4. The van der Waals surface area contributed by atoms with Crippen LogP contribution < -0.4 is 4.31 Å². The SMILES string of the molecule is Cc1cc(C)cc(N(C)S(=O)(=O)c2[nH]ncc2CO)c1. The van der Waals surface area contributed by atoms with E-state index in [1.54, 1.807) is 12.1 Å². The van der Waals surface area contributed by atoms with Crippen LogP contribution >= 0.6 is 0 Å². The molecule has 108 valence electrons. The van der Waals surface area contributed by atoms with Crippen LogP contribution in [-0.2, 0) is 16.6 Å². The molecule has 6 nitrogen and oxygen atoms in total. The molecule has 0 radical (unpaired) electrons. The summed E-state index contributed by atoms with van der Waals surface area (Å²) in [5, 5.41) is 15.2. The second kappa shape index (κ2) is 5.26. The average Bonchev–Trinajstić information content (AvgIpc) is 2.85. The lowest BCUT2D eigenvalue weighted by Crippen LogP contribution is -2.27. The van der Waals surface area contributed by atoms with Crippen LogP contribution in [0.2, 0.25) is 0 Å². The normalized spacial score (nSPS) is 11.6. The first-order valence-electron chi connectivity index (χ1n) is 6.06. The lowest BCUT2D eigenvalue weighted by Gasteiger charge is -2.20. The summed E-state index contributed by atoms with van der Waals surface area (Å²) in [6, 6.07) is 5.55. The Balaban J connectivity index is 2.49. The van der Waals surface area contributed by atoms with Crippen molar-refractivity contribution in [1.29, 1.82) is 0 Å². The first-order valence-corrected chi connectivity index (χ1v) is 7.50. The van der Waals surface area contributed by atoms with Gasteiger partial charge in [-0.3, -0.25) is 9.40 Å². The Bertz CT molecular complexity index is 702. The van der Waals surface area contributed by atoms with Gasteiger partial charge in [-0.2, -0.15) is 13.5 Å². The van der Waals surface area contributed by atoms with Gasteiger partial charge in [0.2, 0.25) is 0 Å². The van der Waals surface area contributed by atoms with Crippen molar-refractivity contribution < 1.29 is 13.5 Å². The average molecular weight is 295 g/mol. The minimum Gasteiger partial charge on any atom is -0.392 e. The number of nitrogens with zero attached hydrogens (tertiary/aromatic N) is 2. The van der Waals surface area contributed by atoms with E-state index in [0.717, 1.165) is 11.1 Å². The molecule has 0 spiro atoms. The summed E-state index contributed by atoms with van der Waals surface area (Å²) < 4.78 is 26.3. The van der Waals surface area contributed by atoms with Crippen molar-refractivity contribution in [2.45, 2.75) is 25.5 Å². The standard InChI is InChI=1S/C13H17N3O3S/c1-9-4-10(2)6-12(5-9)16(3)20(18,19)13-11(8-17)7-14-15-13/h4-7,17H,8H2,1-3H3,(H,14,15). The van der Waals surface area contributed by atoms with Crippen LogP contribution in [0, 0.1) is 13.8 Å². The summed E-state index contributed by atoms with van der Waals surface area (Å²) in [5.74, 6) is 0. The van der Waals surface area contributed by atoms with Crippen LogP contribution in [0.25, 0.3) is 0 Å². The fraction of sp³-hybridized carbons (Fsp3) is 0.308. The molecule has 0 atom stereocenters. The first-order chi connectivity index (χ1) is 9.36. The van der Waals surface area contributed by atoms with Gasteiger partial charge in [-0.05, 0) is 37.1 Å². The van der Waals surface area contributed by atoms with Gasteiger partial charge < -0.3 is 5.11 Å². The van der Waals surface area contributed by atoms with E-state index in [0.29, 0.717) is 5.69 Å². The molecule has 0 unspecified atom stereocenters. The van der Waals surface area contributed by atoms with Gasteiger partial charge in [0, 0.05) is 12.6 Å². The molecule has 0 aliphatic heterocycles. The van der Waals surface area contributed by atoms with Gasteiger partial charge in [-0.25, -0.2) is 0 Å². The van der Waals surface area contributed by atoms with E-state index in [1.807, 2.05) is 19.9 Å². The van der Waals surface area contributed by atoms with Crippen LogP contribution in [0.15, 0.2) is 29.4 Å². The number of aryl methyl sites for hydroxylation is 2. The Labute approximate surface area is 118 Å². The van der Waals surface area contributed by atoms with Crippen molar-refractivity contribution in [3.8, 4) is 0 Å². The minimum absolute atomic E-state index is 0.0818. The summed E-state index contributed by atoms with van der Waals surface area (Å²) in [4.78, 5) is 0. The predicted molar refractivity (Wildman–Crippen MR) is 76.0 cm³/mol. The number of sulfonamides is 1. The van der Waals surface area contributed by atoms with E-state index in [9.17, 15) is 8.42 Å². The molecule has 20 heavy (non-hydrogen) atoms. The van der Waals surface area contributed by atoms with Crippen LogP contribution in [0.3, 0.4) is 0 Å². The second-order valence-electron chi connectivity index (χ2n) is 4.70. The van der Waals surface area contributed by atoms with Crippen LogP contribution in [0.5, 0.6) is 0 Å². The maximum absolute atomic E-state index is 12.5. The fourth-order valence-electron chi connectivity index (χ4n) is 2.04. The lowest BCUT2D eigenvalue weighted by molar-refractivity contribution is 0.278. The van der Waals surface area contributed by atoms with E-state index >= 15 is 0 Å². The van der Waals surface area contributed by atoms with Crippen LogP contribution in [-0.4, -0.2) is 30.8 Å². The van der Waals surface area contributed by atoms with Gasteiger partial charge in [0.1, 0.15) is 0 Å². The van der Waals surface area contributed by atoms with E-state index < -0.39 is 10.0 Å². The second-order valence-corrected chi connectivity index (χ2v) is 6.61. The van der Waals surface area contributed by atoms with Crippen molar-refractivity contribution in [3.63, 3.8) is 0 Å². The molecule has 0 aliphatic rings. The third kappa shape index (κ3) is 2.54. The summed E-state index contributed by atoms with van der Waals surface area (Å²) in [5.41, 5.74) is 2.78. The molecule has 7 heteroatoms. The highest BCUT2D eigenvalue weighted by molar-refractivity contribution is 7.92. The number of aromatic nitrogens is 2. The maximum Gasteiger partial charge on any atom is 0.281 e. The largest absolute Gasteiger partial charge is 0.392 e. The number of aromatic amines is 1. The van der Waals surface area contributed by atoms with Gasteiger partial charge in [0.25, 0.3) is 10.0 Å². The number of hydrogen-bond donors (Lipinski definition) is 2. The predicted octanol–water partition coefficient (Wildman–Crippen LogP) is 1.34. The molecule has 2 rings (SSSR count). The molecule has 0 aliphatic carbocycles. The van der Waals surface area contributed by atoms with Crippen LogP contribution in [0.4, 0.5) is 5.69 Å². The molecule has 0 fully saturated rings. The van der Waals surface area contributed by atoms with E-state index in [1.165, 1.54) is 17.5 Å². The molecular formula is C13H17N3O3S. The van der Waals surface area contributed by atoms with Gasteiger partial charge in [0.05, 0.1) is 18.5 Å². The van der Waals surface area contributed by atoms with Crippen LogP contribution in [0.1, 0.15) is 16.7 Å². The number of nitrogens with one attached hydrogen (secondary N) is 1. The van der Waals surface area contributed by atoms with Crippen molar-refractivity contribution in [2.75, 3.05) is 11.4 Å². The Hall–Kier alpha value is -1.86. The molecule has 1 aromatic carbocycles. The number of H-pyrrole nitrogens is 1. The molecule has 2 aromatic rings. The minimum atomic E-state index is -3.77. The number of anilines is 1. The monoisotopic (exact) mass is 295 g/mol. The molecule has 1 heterocycles. The van der Waals surface area contributed by atoms with Gasteiger partial charge >= 0.3 is 0 Å². The van der Waals surface area contributed by atoms with Crippen molar-refractivity contribution in [3.05, 3.63) is 41.1 Å². The summed E-state index contributed by atoms with van der Waals surface area (Å²) in [6.07, 6.45) is 1.31. The number of aliphatic hydroxyl groups excluding tert-OH is 1. The zero-order chi connectivity index (χ0) is 14.9. The molecule has 2 N–H and O–H groups in total. The number of rotatable bonds is 4. The summed E-state index contributed by atoms with van der Waals surface area (Å²) in [7, 11) is -2.29. The molecule has 0 amide bonds. The Morgan fingerprint density at radius 1 is 1.25 bits per heavy atom. The highest BCUT2D eigenvalue weighted by Crippen LogP contribution is 2.24. The summed E-state index contributed by atoms with van der Waals surface area (Å²) >= 11 is 0. The molecule has 0 bridgehead atoms. The molecule has 1 aromatic heterocycles. The van der Waals surface area contributed by atoms with Gasteiger partial charge in [-0.1, -0.05) is 6.07 Å². The number of benzene rings is 1. The zero-order valence-electron chi connectivity index (χ0n) is 11.6. The molecule has 0 saturated heterocycles. The smallest absolute Gasteiger partial charge is 0.281 e. The Morgan fingerprint density at radius 3 is 2.40 bits per heavy atom. The zero-order valence-corrected chi connectivity index (χ0v) is 12.4. The molecular weight excluding hydrogens is 278 g/mol. The summed E-state index contributed by atoms with van der Waals surface area (Å²) in [6.45, 7) is 3.43. The fourth-order valence-corrected chi connectivity index (χ4v) is 3.32. The van der Waals surface area contributed by atoms with E-state index in [-0.39, 0.29) is 17.2 Å². The highest BCUT2D eigenvalue weighted by atomic mass is 32.2. The van der Waals surface area contributed by atoms with Gasteiger partial charge in [-0.15, -0.1) is 0 Å². The first kappa shape index (κ1) is 14.5. The third-order valence-corrected chi connectivity index (χ3v) is 4.84. The van der Waals surface area contributed by atoms with Crippen molar-refractivity contribution in [1.82, 2.24) is 10.2 Å². The number of aliphatic hydroxyl groups is 1.